The SMILES string of the molecule is Cc1ncc2ccc(CN3CC[C@H](Oc4ccc5c(c4)CN(C4CCC(=O)NC4=O)C5=O)C3)cc2n1. The van der Waals surface area contributed by atoms with Crippen molar-refractivity contribution in [2.24, 2.45) is 0 Å². The van der Waals surface area contributed by atoms with Gasteiger partial charge in [-0.15, -0.1) is 0 Å². The molecule has 9 heteroatoms. The van der Waals surface area contributed by atoms with E-state index in [1.165, 1.54) is 5.56 Å². The van der Waals surface area contributed by atoms with Gasteiger partial charge in [0.1, 0.15) is 23.7 Å². The first-order valence-electron chi connectivity index (χ1n) is 12.3. The zero-order chi connectivity index (χ0) is 24.8. The molecule has 184 valence electrons. The molecule has 0 saturated carbocycles. The number of aryl methyl sites for hydroxylation is 1. The van der Waals surface area contributed by atoms with E-state index in [0.717, 1.165) is 54.1 Å². The third-order valence-electron chi connectivity index (χ3n) is 7.20. The fourth-order valence-corrected chi connectivity index (χ4v) is 5.37. The zero-order valence-corrected chi connectivity index (χ0v) is 20.1. The number of aromatic nitrogens is 2. The Morgan fingerprint density at radius 2 is 2.00 bits per heavy atom. The van der Waals surface area contributed by atoms with Gasteiger partial charge in [-0.05, 0) is 55.2 Å². The van der Waals surface area contributed by atoms with Crippen LogP contribution in [0.5, 0.6) is 5.75 Å². The second-order valence-corrected chi connectivity index (χ2v) is 9.79. The third kappa shape index (κ3) is 4.30. The van der Waals surface area contributed by atoms with Crippen LogP contribution in [0.4, 0.5) is 0 Å². The molecule has 36 heavy (non-hydrogen) atoms. The zero-order valence-electron chi connectivity index (χ0n) is 20.1. The summed E-state index contributed by atoms with van der Waals surface area (Å²) in [4.78, 5) is 49.4. The Labute approximate surface area is 208 Å². The maximum Gasteiger partial charge on any atom is 0.255 e. The highest BCUT2D eigenvalue weighted by molar-refractivity contribution is 6.05. The number of ether oxygens (including phenoxy) is 1. The highest BCUT2D eigenvalue weighted by Crippen LogP contribution is 2.31. The molecule has 2 fully saturated rings. The minimum absolute atomic E-state index is 0.0661. The van der Waals surface area contributed by atoms with Gasteiger partial charge in [0.15, 0.2) is 0 Å². The van der Waals surface area contributed by atoms with Crippen molar-refractivity contribution in [3.63, 3.8) is 0 Å². The molecule has 3 amide bonds. The number of likely N-dealkylation sites (tertiary alicyclic amines) is 1. The van der Waals surface area contributed by atoms with Crippen molar-refractivity contribution in [2.45, 2.75) is 51.4 Å². The Bertz CT molecular complexity index is 1390. The number of piperidine rings is 1. The number of carbonyl (C=O) groups is 3. The van der Waals surface area contributed by atoms with Crippen LogP contribution in [0.3, 0.4) is 0 Å². The first-order chi connectivity index (χ1) is 17.4. The average molecular weight is 486 g/mol. The number of fused-ring (bicyclic) bond motifs is 2. The highest BCUT2D eigenvalue weighted by Gasteiger charge is 2.39. The summed E-state index contributed by atoms with van der Waals surface area (Å²) < 4.78 is 6.29. The number of amides is 3. The standard InChI is InChI=1S/C27H27N5O4/c1-16-28-12-18-3-2-17(10-23(18)29-16)13-31-9-8-21(15-31)36-20-4-5-22-19(11-20)14-32(27(22)35)24-6-7-25(33)30-26(24)34/h2-5,10-12,21,24H,6-9,13-15H2,1H3,(H,30,33,34)/t21-,24?/m0/s1. The lowest BCUT2D eigenvalue weighted by Gasteiger charge is -2.29. The van der Waals surface area contributed by atoms with Gasteiger partial charge in [-0.1, -0.05) is 12.1 Å². The van der Waals surface area contributed by atoms with Gasteiger partial charge >= 0.3 is 0 Å². The Hall–Kier alpha value is -3.85. The molecule has 3 aliphatic rings. The second-order valence-electron chi connectivity index (χ2n) is 9.79. The van der Waals surface area contributed by atoms with Crippen LogP contribution in [0.15, 0.2) is 42.6 Å². The average Bonchev–Trinajstić information content (AvgIpc) is 3.42. The number of rotatable bonds is 5. The summed E-state index contributed by atoms with van der Waals surface area (Å²) in [5.74, 6) is 0.645. The molecule has 3 aromatic rings. The molecule has 2 saturated heterocycles. The van der Waals surface area contributed by atoms with Gasteiger partial charge in [0.25, 0.3) is 5.91 Å². The molecular formula is C27H27N5O4. The van der Waals surface area contributed by atoms with Gasteiger partial charge < -0.3 is 9.64 Å². The summed E-state index contributed by atoms with van der Waals surface area (Å²) in [6.07, 6.45) is 3.45. The molecule has 1 unspecified atom stereocenters. The monoisotopic (exact) mass is 485 g/mol. The molecule has 4 heterocycles. The van der Waals surface area contributed by atoms with Gasteiger partial charge in [0.05, 0.1) is 5.52 Å². The molecule has 0 radical (unpaired) electrons. The number of nitrogens with one attached hydrogen (secondary N) is 1. The van der Waals surface area contributed by atoms with Crippen LogP contribution in [-0.2, 0) is 22.7 Å². The number of hydrogen-bond donors (Lipinski definition) is 1. The van der Waals surface area contributed by atoms with E-state index in [-0.39, 0.29) is 24.3 Å². The molecule has 6 rings (SSSR count). The molecule has 1 N–H and O–H groups in total. The van der Waals surface area contributed by atoms with E-state index >= 15 is 0 Å². The Balaban J connectivity index is 1.08. The topological polar surface area (TPSA) is 105 Å². The van der Waals surface area contributed by atoms with E-state index in [4.69, 9.17) is 4.74 Å². The van der Waals surface area contributed by atoms with Crippen LogP contribution in [0, 0.1) is 6.92 Å². The third-order valence-corrected chi connectivity index (χ3v) is 7.20. The Kier molecular flexibility index (Phi) is 5.64. The van der Waals surface area contributed by atoms with E-state index in [2.05, 4.69) is 38.4 Å². The summed E-state index contributed by atoms with van der Waals surface area (Å²) in [5, 5.41) is 3.38. The van der Waals surface area contributed by atoms with Gasteiger partial charge in [-0.3, -0.25) is 24.6 Å². The van der Waals surface area contributed by atoms with Crippen LogP contribution < -0.4 is 10.1 Å². The van der Waals surface area contributed by atoms with Gasteiger partial charge in [0, 0.05) is 49.7 Å². The number of benzene rings is 2. The van der Waals surface area contributed by atoms with Crippen LogP contribution in [0.1, 0.15) is 46.6 Å². The van der Waals surface area contributed by atoms with Crippen LogP contribution >= 0.6 is 0 Å². The summed E-state index contributed by atoms with van der Waals surface area (Å²) in [6, 6.07) is 11.2. The number of imide groups is 1. The molecule has 2 aromatic carbocycles. The lowest BCUT2D eigenvalue weighted by Crippen LogP contribution is -2.52. The number of carbonyl (C=O) groups excluding carboxylic acids is 3. The summed E-state index contributed by atoms with van der Waals surface area (Å²) >= 11 is 0. The van der Waals surface area contributed by atoms with Crippen LogP contribution in [0.25, 0.3) is 10.9 Å². The lowest BCUT2D eigenvalue weighted by molar-refractivity contribution is -0.136. The maximum atomic E-state index is 12.9. The molecular weight excluding hydrogens is 458 g/mol. The molecule has 2 atom stereocenters. The fraction of sp³-hybridized carbons (Fsp3) is 0.370. The van der Waals surface area contributed by atoms with E-state index < -0.39 is 11.9 Å². The summed E-state index contributed by atoms with van der Waals surface area (Å²) in [6.45, 7) is 4.84. The quantitative estimate of drug-likeness (QED) is 0.553. The molecule has 0 spiro atoms. The van der Waals surface area contributed by atoms with Crippen molar-refractivity contribution in [2.75, 3.05) is 13.1 Å². The van der Waals surface area contributed by atoms with Gasteiger partial charge in [-0.25, -0.2) is 9.97 Å². The minimum Gasteiger partial charge on any atom is -0.489 e. The summed E-state index contributed by atoms with van der Waals surface area (Å²) in [5.41, 5.74) is 3.62. The van der Waals surface area contributed by atoms with E-state index in [0.29, 0.717) is 18.5 Å². The number of nitrogens with zero attached hydrogens (tertiary/aromatic N) is 4. The smallest absolute Gasteiger partial charge is 0.255 e. The van der Waals surface area contributed by atoms with Crippen LogP contribution in [0.2, 0.25) is 0 Å². The molecule has 9 nitrogen and oxygen atoms in total. The van der Waals surface area contributed by atoms with Crippen molar-refractivity contribution < 1.29 is 19.1 Å². The normalized spacial score (nSPS) is 22.2. The van der Waals surface area contributed by atoms with Crippen molar-refractivity contribution in [3.8, 4) is 5.75 Å². The van der Waals surface area contributed by atoms with Crippen LogP contribution in [-0.4, -0.2) is 62.7 Å². The predicted molar refractivity (Wildman–Crippen MR) is 131 cm³/mol. The van der Waals surface area contributed by atoms with E-state index in [1.807, 2.05) is 25.3 Å². The van der Waals surface area contributed by atoms with Crippen molar-refractivity contribution in [1.82, 2.24) is 25.1 Å². The predicted octanol–water partition coefficient (Wildman–Crippen LogP) is 2.35. The van der Waals surface area contributed by atoms with Crippen molar-refractivity contribution in [1.29, 1.82) is 0 Å². The first kappa shape index (κ1) is 22.6. The minimum atomic E-state index is -0.610. The first-order valence-corrected chi connectivity index (χ1v) is 12.3. The molecule has 3 aliphatic heterocycles. The fourth-order valence-electron chi connectivity index (χ4n) is 5.37. The number of hydrogen-bond acceptors (Lipinski definition) is 7. The van der Waals surface area contributed by atoms with Gasteiger partial charge in [-0.2, -0.15) is 0 Å². The van der Waals surface area contributed by atoms with E-state index in [9.17, 15) is 14.4 Å². The summed E-state index contributed by atoms with van der Waals surface area (Å²) in [7, 11) is 0. The largest absolute Gasteiger partial charge is 0.489 e. The molecule has 0 aliphatic carbocycles. The lowest BCUT2D eigenvalue weighted by atomic mass is 10.0. The molecule has 1 aromatic heterocycles. The molecule has 0 bridgehead atoms. The Morgan fingerprint density at radius 3 is 2.86 bits per heavy atom. The van der Waals surface area contributed by atoms with Crippen molar-refractivity contribution in [3.05, 3.63) is 65.1 Å². The second kappa shape index (κ2) is 8.98. The van der Waals surface area contributed by atoms with Crippen molar-refractivity contribution >= 4 is 28.6 Å². The maximum absolute atomic E-state index is 12.9. The highest BCUT2D eigenvalue weighted by atomic mass is 16.5. The van der Waals surface area contributed by atoms with Gasteiger partial charge in [0.2, 0.25) is 11.8 Å². The Morgan fingerprint density at radius 1 is 1.11 bits per heavy atom. The van der Waals surface area contributed by atoms with E-state index in [1.54, 1.807) is 11.0 Å².